The fraction of sp³-hybridized carbons (Fsp3) is 0.500. The molecule has 1 aliphatic heterocycles. The van der Waals surface area contributed by atoms with Gasteiger partial charge in [-0.15, -0.1) is 0 Å². The maximum Gasteiger partial charge on any atom is 0.0865 e. The van der Waals surface area contributed by atoms with Crippen molar-refractivity contribution in [2.45, 2.75) is 25.2 Å². The predicted molar refractivity (Wildman–Crippen MR) is 65.1 cm³/mol. The van der Waals surface area contributed by atoms with E-state index in [0.717, 1.165) is 13.1 Å². The lowest BCUT2D eigenvalue weighted by molar-refractivity contribution is 0.318. The van der Waals surface area contributed by atoms with Crippen LogP contribution in [-0.2, 0) is 0 Å². The third kappa shape index (κ3) is 2.84. The number of nitrogens with zero attached hydrogens (tertiary/aromatic N) is 2. The van der Waals surface area contributed by atoms with Crippen LogP contribution in [0.25, 0.3) is 0 Å². The van der Waals surface area contributed by atoms with E-state index < -0.39 is 0 Å². The highest BCUT2D eigenvalue weighted by Gasteiger charge is 2.17. The maximum atomic E-state index is 8.70. The Morgan fingerprint density at radius 3 is 2.75 bits per heavy atom. The van der Waals surface area contributed by atoms with Gasteiger partial charge in [-0.2, -0.15) is 5.26 Å². The Morgan fingerprint density at radius 1 is 1.19 bits per heavy atom. The molecule has 0 bridgehead atoms. The summed E-state index contributed by atoms with van der Waals surface area (Å²) in [5.74, 6) is 0.685. The number of hydrogen-bond donors (Lipinski definition) is 0. The molecule has 84 valence electrons. The molecule has 1 heterocycles. The topological polar surface area (TPSA) is 27.0 Å². The molecular formula is C14H18N2. The molecule has 2 heteroatoms. The third-order valence-corrected chi connectivity index (χ3v) is 3.39. The SMILES string of the molecule is N#CCN1CCCC(c2ccccc2)CC1. The molecule has 0 aliphatic carbocycles. The lowest BCUT2D eigenvalue weighted by Gasteiger charge is -2.16. The third-order valence-electron chi connectivity index (χ3n) is 3.39. The largest absolute Gasteiger partial charge is 0.291 e. The van der Waals surface area contributed by atoms with Gasteiger partial charge in [0.05, 0.1) is 12.6 Å². The quantitative estimate of drug-likeness (QED) is 0.708. The van der Waals surface area contributed by atoms with Crippen LogP contribution in [0.2, 0.25) is 0 Å². The van der Waals surface area contributed by atoms with Crippen LogP contribution in [0.5, 0.6) is 0 Å². The van der Waals surface area contributed by atoms with Crippen LogP contribution in [0.4, 0.5) is 0 Å². The average molecular weight is 214 g/mol. The van der Waals surface area contributed by atoms with E-state index in [2.05, 4.69) is 41.3 Å². The van der Waals surface area contributed by atoms with Crippen molar-refractivity contribution in [3.8, 4) is 6.07 Å². The zero-order chi connectivity index (χ0) is 11.2. The van der Waals surface area contributed by atoms with Crippen molar-refractivity contribution in [3.63, 3.8) is 0 Å². The first-order valence-electron chi connectivity index (χ1n) is 6.04. The molecule has 0 N–H and O–H groups in total. The number of rotatable bonds is 2. The monoisotopic (exact) mass is 214 g/mol. The molecule has 1 aliphatic rings. The van der Waals surface area contributed by atoms with E-state index >= 15 is 0 Å². The van der Waals surface area contributed by atoms with Gasteiger partial charge in [-0.3, -0.25) is 4.90 Å². The van der Waals surface area contributed by atoms with Crippen molar-refractivity contribution in [2.24, 2.45) is 0 Å². The Bertz CT molecular complexity index is 353. The summed E-state index contributed by atoms with van der Waals surface area (Å²) in [5.41, 5.74) is 1.46. The van der Waals surface area contributed by atoms with Gasteiger partial charge in [0.1, 0.15) is 0 Å². The normalized spacial score (nSPS) is 22.3. The van der Waals surface area contributed by atoms with Crippen molar-refractivity contribution >= 4 is 0 Å². The second kappa shape index (κ2) is 5.67. The summed E-state index contributed by atoms with van der Waals surface area (Å²) < 4.78 is 0. The molecule has 1 atom stereocenters. The van der Waals surface area contributed by atoms with Crippen molar-refractivity contribution in [2.75, 3.05) is 19.6 Å². The van der Waals surface area contributed by atoms with E-state index in [1.807, 2.05) is 0 Å². The van der Waals surface area contributed by atoms with Crippen molar-refractivity contribution in [1.29, 1.82) is 5.26 Å². The Morgan fingerprint density at radius 2 is 2.00 bits per heavy atom. The summed E-state index contributed by atoms with van der Waals surface area (Å²) >= 11 is 0. The summed E-state index contributed by atoms with van der Waals surface area (Å²) in [5, 5.41) is 8.70. The van der Waals surface area contributed by atoms with E-state index in [0.29, 0.717) is 12.5 Å². The van der Waals surface area contributed by atoms with Crippen molar-refractivity contribution in [3.05, 3.63) is 35.9 Å². The Kier molecular flexibility index (Phi) is 3.96. The maximum absolute atomic E-state index is 8.70. The average Bonchev–Trinajstić information content (AvgIpc) is 2.57. The minimum Gasteiger partial charge on any atom is -0.291 e. The van der Waals surface area contributed by atoms with Gasteiger partial charge in [-0.1, -0.05) is 30.3 Å². The Labute approximate surface area is 97.5 Å². The Hall–Kier alpha value is -1.33. The van der Waals surface area contributed by atoms with Gasteiger partial charge >= 0.3 is 0 Å². The van der Waals surface area contributed by atoms with Gasteiger partial charge in [0.15, 0.2) is 0 Å². The summed E-state index contributed by atoms with van der Waals surface area (Å²) in [6, 6.07) is 13.0. The molecule has 0 saturated carbocycles. The summed E-state index contributed by atoms with van der Waals surface area (Å²) in [4.78, 5) is 2.27. The summed E-state index contributed by atoms with van der Waals surface area (Å²) in [6.45, 7) is 2.73. The first kappa shape index (κ1) is 11.2. The fourth-order valence-corrected chi connectivity index (χ4v) is 2.47. The smallest absolute Gasteiger partial charge is 0.0865 e. The van der Waals surface area contributed by atoms with Gasteiger partial charge in [0.25, 0.3) is 0 Å². The molecule has 0 aromatic heterocycles. The minimum absolute atomic E-state index is 0.585. The molecule has 16 heavy (non-hydrogen) atoms. The molecule has 1 fully saturated rings. The molecule has 1 aromatic rings. The van der Waals surface area contributed by atoms with Crippen LogP contribution < -0.4 is 0 Å². The second-order valence-electron chi connectivity index (χ2n) is 4.47. The van der Waals surface area contributed by atoms with E-state index in [4.69, 9.17) is 5.26 Å². The van der Waals surface area contributed by atoms with Crippen molar-refractivity contribution < 1.29 is 0 Å². The second-order valence-corrected chi connectivity index (χ2v) is 4.47. The minimum atomic E-state index is 0.585. The van der Waals surface area contributed by atoms with Crippen LogP contribution >= 0.6 is 0 Å². The molecule has 0 amide bonds. The highest BCUT2D eigenvalue weighted by atomic mass is 15.1. The van der Waals surface area contributed by atoms with Gasteiger partial charge < -0.3 is 0 Å². The van der Waals surface area contributed by atoms with E-state index in [9.17, 15) is 0 Å². The van der Waals surface area contributed by atoms with E-state index in [-0.39, 0.29) is 0 Å². The van der Waals surface area contributed by atoms with Gasteiger partial charge in [-0.05, 0) is 43.8 Å². The lowest BCUT2D eigenvalue weighted by atomic mass is 9.92. The van der Waals surface area contributed by atoms with Crippen LogP contribution in [0, 0.1) is 11.3 Å². The molecule has 0 spiro atoms. The molecule has 2 nitrogen and oxygen atoms in total. The standard InChI is InChI=1S/C14H18N2/c15-9-12-16-10-4-7-14(8-11-16)13-5-2-1-3-6-13/h1-3,5-6,14H,4,7-8,10-12H2. The predicted octanol–water partition coefficient (Wildman–Crippen LogP) is 2.78. The van der Waals surface area contributed by atoms with Crippen LogP contribution in [-0.4, -0.2) is 24.5 Å². The first-order chi connectivity index (χ1) is 7.90. The molecule has 0 radical (unpaired) electrons. The van der Waals surface area contributed by atoms with E-state index in [1.165, 1.54) is 24.8 Å². The van der Waals surface area contributed by atoms with Crippen LogP contribution in [0.15, 0.2) is 30.3 Å². The van der Waals surface area contributed by atoms with Crippen molar-refractivity contribution in [1.82, 2.24) is 4.90 Å². The molecule has 1 saturated heterocycles. The zero-order valence-corrected chi connectivity index (χ0v) is 9.60. The number of likely N-dealkylation sites (tertiary alicyclic amines) is 1. The highest BCUT2D eigenvalue weighted by molar-refractivity contribution is 5.19. The summed E-state index contributed by atoms with van der Waals surface area (Å²) in [7, 11) is 0. The highest BCUT2D eigenvalue weighted by Crippen LogP contribution is 2.27. The fourth-order valence-electron chi connectivity index (χ4n) is 2.47. The van der Waals surface area contributed by atoms with Crippen LogP contribution in [0.3, 0.4) is 0 Å². The lowest BCUT2D eigenvalue weighted by Crippen LogP contribution is -2.24. The zero-order valence-electron chi connectivity index (χ0n) is 9.60. The van der Waals surface area contributed by atoms with Gasteiger partial charge in [0, 0.05) is 0 Å². The molecule has 1 aromatic carbocycles. The number of hydrogen-bond acceptors (Lipinski definition) is 2. The first-order valence-corrected chi connectivity index (χ1v) is 6.04. The summed E-state index contributed by atoms with van der Waals surface area (Å²) in [6.07, 6.45) is 3.65. The van der Waals surface area contributed by atoms with Gasteiger partial charge in [-0.25, -0.2) is 0 Å². The number of nitriles is 1. The molecule has 1 unspecified atom stereocenters. The van der Waals surface area contributed by atoms with Gasteiger partial charge in [0.2, 0.25) is 0 Å². The molecular weight excluding hydrogens is 196 g/mol. The Balaban J connectivity index is 1.97. The number of benzene rings is 1. The van der Waals surface area contributed by atoms with E-state index in [1.54, 1.807) is 0 Å². The molecule has 2 rings (SSSR count). The van der Waals surface area contributed by atoms with Crippen LogP contribution in [0.1, 0.15) is 30.7 Å².